The summed E-state index contributed by atoms with van der Waals surface area (Å²) >= 11 is 0. The van der Waals surface area contributed by atoms with Gasteiger partial charge >= 0.3 is 0 Å². The van der Waals surface area contributed by atoms with Gasteiger partial charge in [0.15, 0.2) is 0 Å². The van der Waals surface area contributed by atoms with E-state index in [9.17, 15) is 0 Å². The molecule has 0 radical (unpaired) electrons. The molecular formula is C16H22N4O3. The Bertz CT molecular complexity index is 594. The first-order chi connectivity index (χ1) is 11.3. The van der Waals surface area contributed by atoms with Gasteiger partial charge in [-0.05, 0) is 24.3 Å². The van der Waals surface area contributed by atoms with Crippen molar-refractivity contribution in [1.82, 2.24) is 19.9 Å². The third-order valence-corrected chi connectivity index (χ3v) is 3.78. The monoisotopic (exact) mass is 318 g/mol. The van der Waals surface area contributed by atoms with E-state index in [4.69, 9.17) is 14.2 Å². The van der Waals surface area contributed by atoms with Gasteiger partial charge < -0.3 is 14.2 Å². The molecule has 2 aromatic rings. The van der Waals surface area contributed by atoms with E-state index in [2.05, 4.69) is 15.2 Å². The van der Waals surface area contributed by atoms with Crippen molar-refractivity contribution in [2.75, 3.05) is 40.0 Å². The van der Waals surface area contributed by atoms with E-state index in [1.807, 2.05) is 35.1 Å². The number of aromatic nitrogens is 3. The molecule has 23 heavy (non-hydrogen) atoms. The summed E-state index contributed by atoms with van der Waals surface area (Å²) in [5.41, 5.74) is 0.822. The first-order valence-electron chi connectivity index (χ1n) is 7.79. The Morgan fingerprint density at radius 2 is 1.83 bits per heavy atom. The predicted octanol–water partition coefficient (Wildman–Crippen LogP) is 1.20. The van der Waals surface area contributed by atoms with Gasteiger partial charge in [-0.15, -0.1) is 5.10 Å². The number of rotatable bonds is 7. The molecule has 3 rings (SSSR count). The molecule has 0 bridgehead atoms. The summed E-state index contributed by atoms with van der Waals surface area (Å²) in [4.78, 5) is 2.37. The smallest absolute Gasteiger partial charge is 0.134 e. The highest BCUT2D eigenvalue weighted by Gasteiger charge is 2.10. The zero-order valence-electron chi connectivity index (χ0n) is 13.4. The molecule has 0 spiro atoms. The lowest BCUT2D eigenvalue weighted by molar-refractivity contribution is 0.0359. The molecule has 0 saturated carbocycles. The normalized spacial score (nSPS) is 15.5. The molecular weight excluding hydrogens is 296 g/mol. The summed E-state index contributed by atoms with van der Waals surface area (Å²) in [7, 11) is 1.64. The van der Waals surface area contributed by atoms with E-state index in [0.717, 1.165) is 56.6 Å². The molecule has 1 saturated heterocycles. The Hall–Kier alpha value is -2.12. The molecule has 7 nitrogen and oxygen atoms in total. The third kappa shape index (κ3) is 4.67. The van der Waals surface area contributed by atoms with Crippen LogP contribution in [-0.4, -0.2) is 59.9 Å². The van der Waals surface area contributed by atoms with E-state index in [0.29, 0.717) is 6.61 Å². The lowest BCUT2D eigenvalue weighted by atomic mass is 10.3. The molecule has 1 fully saturated rings. The number of hydrogen-bond acceptors (Lipinski definition) is 6. The average Bonchev–Trinajstić information content (AvgIpc) is 3.07. The SMILES string of the molecule is COc1ccc(OCc2cn(CCN3CCOCC3)nn2)cc1. The molecule has 0 amide bonds. The van der Waals surface area contributed by atoms with Gasteiger partial charge in [-0.2, -0.15) is 0 Å². The molecule has 0 atom stereocenters. The van der Waals surface area contributed by atoms with Crippen molar-refractivity contribution in [3.63, 3.8) is 0 Å². The van der Waals surface area contributed by atoms with Crippen LogP contribution in [0.4, 0.5) is 0 Å². The van der Waals surface area contributed by atoms with Crippen LogP contribution in [0.3, 0.4) is 0 Å². The van der Waals surface area contributed by atoms with E-state index >= 15 is 0 Å². The second kappa shape index (κ2) is 7.94. The first-order valence-corrected chi connectivity index (χ1v) is 7.79. The minimum Gasteiger partial charge on any atom is -0.497 e. The largest absolute Gasteiger partial charge is 0.497 e. The van der Waals surface area contributed by atoms with Gasteiger partial charge in [0.1, 0.15) is 23.8 Å². The summed E-state index contributed by atoms with van der Waals surface area (Å²) in [6, 6.07) is 7.49. The number of ether oxygens (including phenoxy) is 3. The fourth-order valence-electron chi connectivity index (χ4n) is 2.41. The van der Waals surface area contributed by atoms with Crippen LogP contribution >= 0.6 is 0 Å². The number of methoxy groups -OCH3 is 1. The molecule has 0 N–H and O–H groups in total. The Kier molecular flexibility index (Phi) is 5.44. The Balaban J connectivity index is 1.44. The highest BCUT2D eigenvalue weighted by atomic mass is 16.5. The van der Waals surface area contributed by atoms with Crippen molar-refractivity contribution in [3.05, 3.63) is 36.2 Å². The molecule has 1 aromatic heterocycles. The summed E-state index contributed by atoms with van der Waals surface area (Å²) in [5, 5.41) is 8.30. The second-order valence-corrected chi connectivity index (χ2v) is 5.39. The van der Waals surface area contributed by atoms with Crippen LogP contribution in [0.25, 0.3) is 0 Å². The van der Waals surface area contributed by atoms with Crippen LogP contribution in [-0.2, 0) is 17.9 Å². The maximum atomic E-state index is 5.70. The molecule has 1 aliphatic rings. The van der Waals surface area contributed by atoms with Crippen molar-refractivity contribution in [2.24, 2.45) is 0 Å². The molecule has 2 heterocycles. The van der Waals surface area contributed by atoms with E-state index < -0.39 is 0 Å². The fraction of sp³-hybridized carbons (Fsp3) is 0.500. The average molecular weight is 318 g/mol. The zero-order chi connectivity index (χ0) is 15.9. The van der Waals surface area contributed by atoms with Crippen LogP contribution in [0.2, 0.25) is 0 Å². The maximum absolute atomic E-state index is 5.70. The molecule has 0 unspecified atom stereocenters. The lowest BCUT2D eigenvalue weighted by Gasteiger charge is -2.26. The van der Waals surface area contributed by atoms with Gasteiger partial charge in [-0.1, -0.05) is 5.21 Å². The van der Waals surface area contributed by atoms with E-state index in [1.54, 1.807) is 7.11 Å². The third-order valence-electron chi connectivity index (χ3n) is 3.78. The van der Waals surface area contributed by atoms with Crippen molar-refractivity contribution in [2.45, 2.75) is 13.2 Å². The molecule has 1 aromatic carbocycles. The standard InChI is InChI=1S/C16H22N4O3/c1-21-15-2-4-16(5-3-15)23-13-14-12-20(18-17-14)7-6-19-8-10-22-11-9-19/h2-5,12H,6-11,13H2,1H3. The van der Waals surface area contributed by atoms with Crippen LogP contribution in [0.15, 0.2) is 30.5 Å². The van der Waals surface area contributed by atoms with Crippen LogP contribution < -0.4 is 9.47 Å². The van der Waals surface area contributed by atoms with Gasteiger partial charge in [0.2, 0.25) is 0 Å². The first kappa shape index (κ1) is 15.8. The molecule has 0 aliphatic carbocycles. The molecule has 1 aliphatic heterocycles. The van der Waals surface area contributed by atoms with Crippen molar-refractivity contribution >= 4 is 0 Å². The zero-order valence-corrected chi connectivity index (χ0v) is 13.4. The van der Waals surface area contributed by atoms with Crippen molar-refractivity contribution in [3.8, 4) is 11.5 Å². The Morgan fingerprint density at radius 1 is 1.09 bits per heavy atom. The van der Waals surface area contributed by atoms with Gasteiger partial charge in [-0.25, -0.2) is 0 Å². The Morgan fingerprint density at radius 3 is 2.57 bits per heavy atom. The van der Waals surface area contributed by atoms with Gasteiger partial charge in [0.25, 0.3) is 0 Å². The minimum absolute atomic E-state index is 0.407. The number of hydrogen-bond donors (Lipinski definition) is 0. The predicted molar refractivity (Wildman–Crippen MR) is 84.6 cm³/mol. The fourth-order valence-corrected chi connectivity index (χ4v) is 2.41. The molecule has 7 heteroatoms. The maximum Gasteiger partial charge on any atom is 0.134 e. The number of benzene rings is 1. The summed E-state index contributed by atoms with van der Waals surface area (Å²) in [5.74, 6) is 1.60. The van der Waals surface area contributed by atoms with E-state index in [1.165, 1.54) is 0 Å². The number of nitrogens with zero attached hydrogens (tertiary/aromatic N) is 4. The van der Waals surface area contributed by atoms with Gasteiger partial charge in [-0.3, -0.25) is 9.58 Å². The van der Waals surface area contributed by atoms with Crippen molar-refractivity contribution in [1.29, 1.82) is 0 Å². The lowest BCUT2D eigenvalue weighted by Crippen LogP contribution is -2.38. The van der Waals surface area contributed by atoms with Crippen LogP contribution in [0.1, 0.15) is 5.69 Å². The van der Waals surface area contributed by atoms with E-state index in [-0.39, 0.29) is 0 Å². The summed E-state index contributed by atoms with van der Waals surface area (Å²) in [6.45, 7) is 5.81. The summed E-state index contributed by atoms with van der Waals surface area (Å²) in [6.07, 6.45) is 1.93. The highest BCUT2D eigenvalue weighted by molar-refractivity contribution is 5.31. The number of morpholine rings is 1. The Labute approximate surface area is 135 Å². The van der Waals surface area contributed by atoms with Crippen LogP contribution in [0.5, 0.6) is 11.5 Å². The topological polar surface area (TPSA) is 61.6 Å². The highest BCUT2D eigenvalue weighted by Crippen LogP contribution is 2.17. The van der Waals surface area contributed by atoms with Crippen molar-refractivity contribution < 1.29 is 14.2 Å². The second-order valence-electron chi connectivity index (χ2n) is 5.39. The molecule has 124 valence electrons. The quantitative estimate of drug-likeness (QED) is 0.764. The van der Waals surface area contributed by atoms with Crippen LogP contribution in [0, 0.1) is 0 Å². The van der Waals surface area contributed by atoms with Gasteiger partial charge in [0.05, 0.1) is 33.1 Å². The van der Waals surface area contributed by atoms with Gasteiger partial charge in [0, 0.05) is 19.6 Å². The minimum atomic E-state index is 0.407. The summed E-state index contributed by atoms with van der Waals surface area (Å²) < 4.78 is 18.0.